The summed E-state index contributed by atoms with van der Waals surface area (Å²) < 4.78 is 50.4. The Morgan fingerprint density at radius 3 is 2.40 bits per heavy atom. The first kappa shape index (κ1) is 15.3. The van der Waals surface area contributed by atoms with E-state index in [1.165, 1.54) is 30.6 Å². The van der Waals surface area contributed by atoms with E-state index in [0.29, 0.717) is 12.2 Å². The van der Waals surface area contributed by atoms with Gasteiger partial charge in [0.1, 0.15) is 5.75 Å². The maximum Gasteiger partial charge on any atom is 0.243 e. The van der Waals surface area contributed by atoms with Crippen LogP contribution in [0.25, 0.3) is 0 Å². The average molecular weight is 318 g/mol. The molecule has 112 valence electrons. The third kappa shape index (κ3) is 2.97. The molecule has 0 radical (unpaired) electrons. The summed E-state index contributed by atoms with van der Waals surface area (Å²) in [6.07, 6.45) is 0.466. The zero-order valence-corrected chi connectivity index (χ0v) is 13.0. The molecule has 0 aromatic heterocycles. The molecule has 0 amide bonds. The fraction of sp³-hybridized carbons (Fsp3) is 0.500. The third-order valence-corrected chi connectivity index (χ3v) is 7.24. The molecule has 1 N–H and O–H groups in total. The second-order valence-corrected chi connectivity index (χ2v) is 9.18. The Kier molecular flexibility index (Phi) is 4.08. The van der Waals surface area contributed by atoms with E-state index in [2.05, 4.69) is 0 Å². The largest absolute Gasteiger partial charge is 0.497 e. The van der Waals surface area contributed by atoms with Gasteiger partial charge < -0.3 is 4.74 Å². The summed E-state index contributed by atoms with van der Waals surface area (Å²) in [5.74, 6) is 0.959. The quantitative estimate of drug-likeness (QED) is 0.901. The second kappa shape index (κ2) is 5.34. The molecule has 20 heavy (non-hydrogen) atoms. The van der Waals surface area contributed by atoms with Crippen molar-refractivity contribution in [1.29, 1.82) is 4.78 Å². The van der Waals surface area contributed by atoms with Crippen molar-refractivity contribution in [3.05, 3.63) is 24.3 Å². The number of benzene rings is 1. The normalized spacial score (nSPS) is 26.9. The van der Waals surface area contributed by atoms with Crippen molar-refractivity contribution in [3.8, 4) is 5.75 Å². The first-order chi connectivity index (χ1) is 9.26. The van der Waals surface area contributed by atoms with Crippen LogP contribution >= 0.6 is 0 Å². The summed E-state index contributed by atoms with van der Waals surface area (Å²) in [5, 5.41) is 0. The van der Waals surface area contributed by atoms with Gasteiger partial charge in [-0.1, -0.05) is 0 Å². The van der Waals surface area contributed by atoms with Crippen molar-refractivity contribution in [2.75, 3.05) is 25.7 Å². The van der Waals surface area contributed by atoms with Crippen LogP contribution in [0.2, 0.25) is 0 Å². The Bertz CT molecular complexity index is 681. The molecule has 1 heterocycles. The number of nitrogens with one attached hydrogen (secondary N) is 1. The van der Waals surface area contributed by atoms with E-state index in [0.717, 1.165) is 0 Å². The van der Waals surface area contributed by atoms with Gasteiger partial charge in [-0.2, -0.15) is 4.31 Å². The smallest absolute Gasteiger partial charge is 0.243 e. The lowest BCUT2D eigenvalue weighted by atomic mass is 10.3. The van der Waals surface area contributed by atoms with E-state index in [1.807, 2.05) is 0 Å². The van der Waals surface area contributed by atoms with Crippen LogP contribution in [0.15, 0.2) is 29.2 Å². The highest BCUT2D eigenvalue weighted by Gasteiger charge is 2.34. The van der Waals surface area contributed by atoms with Crippen molar-refractivity contribution < 1.29 is 17.4 Å². The van der Waals surface area contributed by atoms with Crippen LogP contribution in [0.4, 0.5) is 0 Å². The van der Waals surface area contributed by atoms with Crippen LogP contribution in [-0.4, -0.2) is 48.6 Å². The number of ether oxygens (including phenoxy) is 1. The number of methoxy groups -OCH3 is 1. The Morgan fingerprint density at radius 2 is 1.95 bits per heavy atom. The first-order valence-corrected chi connectivity index (χ1v) is 9.46. The van der Waals surface area contributed by atoms with Gasteiger partial charge in [-0.05, 0) is 30.7 Å². The second-order valence-electron chi connectivity index (χ2n) is 4.82. The lowest BCUT2D eigenvalue weighted by Crippen LogP contribution is -2.37. The average Bonchev–Trinajstić information content (AvgIpc) is 2.78. The zero-order valence-electron chi connectivity index (χ0n) is 11.4. The van der Waals surface area contributed by atoms with E-state index < -0.39 is 19.8 Å². The monoisotopic (exact) mass is 318 g/mol. The minimum absolute atomic E-state index is 0.110. The van der Waals surface area contributed by atoms with Crippen LogP contribution in [0.1, 0.15) is 6.42 Å². The SMILES string of the molecule is COc1ccc(S(=O)(=O)N(C)C2CCS(=N)(=O)C2)cc1. The molecule has 2 atom stereocenters. The van der Waals surface area contributed by atoms with E-state index in [9.17, 15) is 12.6 Å². The molecule has 1 aromatic rings. The molecular formula is C12H18N2O4S2. The molecule has 0 bridgehead atoms. The predicted octanol–water partition coefficient (Wildman–Crippen LogP) is 1.13. The van der Waals surface area contributed by atoms with E-state index >= 15 is 0 Å². The number of nitrogens with zero attached hydrogens (tertiary/aromatic N) is 1. The van der Waals surface area contributed by atoms with Crippen molar-refractivity contribution >= 4 is 19.8 Å². The van der Waals surface area contributed by atoms with Crippen LogP contribution < -0.4 is 4.74 Å². The van der Waals surface area contributed by atoms with Crippen LogP contribution in [-0.2, 0) is 19.8 Å². The number of sulfonamides is 1. The lowest BCUT2D eigenvalue weighted by Gasteiger charge is -2.23. The third-order valence-electron chi connectivity index (χ3n) is 3.49. The van der Waals surface area contributed by atoms with Gasteiger partial charge in [-0.25, -0.2) is 12.6 Å². The van der Waals surface area contributed by atoms with Crippen molar-refractivity contribution in [2.45, 2.75) is 17.4 Å². The molecule has 0 saturated carbocycles. The Balaban J connectivity index is 2.25. The highest BCUT2D eigenvalue weighted by atomic mass is 32.2. The molecule has 2 rings (SSSR count). The van der Waals surface area contributed by atoms with Gasteiger partial charge in [0, 0.05) is 34.3 Å². The molecule has 1 aromatic carbocycles. The molecule has 6 nitrogen and oxygen atoms in total. The number of rotatable bonds is 4. The fourth-order valence-electron chi connectivity index (χ4n) is 2.20. The summed E-state index contributed by atoms with van der Waals surface area (Å²) in [5.41, 5.74) is 0. The van der Waals surface area contributed by atoms with E-state index in [1.54, 1.807) is 12.1 Å². The summed E-state index contributed by atoms with van der Waals surface area (Å²) in [4.78, 5) is 0.171. The van der Waals surface area contributed by atoms with Gasteiger partial charge in [-0.3, -0.25) is 4.78 Å². The number of hydrogen-bond donors (Lipinski definition) is 1. The molecule has 1 fully saturated rings. The molecule has 1 aliphatic rings. The molecule has 1 saturated heterocycles. The molecule has 1 aliphatic heterocycles. The van der Waals surface area contributed by atoms with Crippen molar-refractivity contribution in [1.82, 2.24) is 4.31 Å². The molecule has 2 unspecified atom stereocenters. The van der Waals surface area contributed by atoms with Gasteiger partial charge in [0.15, 0.2) is 0 Å². The predicted molar refractivity (Wildman–Crippen MR) is 76.9 cm³/mol. The summed E-state index contributed by atoms with van der Waals surface area (Å²) in [6.45, 7) is 0. The first-order valence-electron chi connectivity index (χ1n) is 6.12. The number of hydrogen-bond acceptors (Lipinski definition) is 5. The molecule has 0 spiro atoms. The van der Waals surface area contributed by atoms with Crippen molar-refractivity contribution in [3.63, 3.8) is 0 Å². The molecule has 0 aliphatic carbocycles. The topological polar surface area (TPSA) is 87.5 Å². The van der Waals surface area contributed by atoms with E-state index in [-0.39, 0.29) is 22.4 Å². The van der Waals surface area contributed by atoms with Crippen LogP contribution in [0.3, 0.4) is 0 Å². The highest BCUT2D eigenvalue weighted by Crippen LogP contribution is 2.24. The van der Waals surface area contributed by atoms with Gasteiger partial charge in [0.2, 0.25) is 10.0 Å². The summed E-state index contributed by atoms with van der Waals surface area (Å²) >= 11 is 0. The zero-order chi connectivity index (χ0) is 15.0. The Morgan fingerprint density at radius 1 is 1.35 bits per heavy atom. The molecule has 8 heteroatoms. The highest BCUT2D eigenvalue weighted by molar-refractivity contribution is 7.93. The minimum atomic E-state index is -3.63. The standard InChI is InChI=1S/C12H18N2O4S2/c1-14(10-7-8-19(13,15)9-10)20(16,17)12-5-3-11(18-2)4-6-12/h3-6,10,13H,7-9H2,1-2H3. The van der Waals surface area contributed by atoms with Crippen LogP contribution in [0.5, 0.6) is 5.75 Å². The van der Waals surface area contributed by atoms with Gasteiger partial charge in [0.25, 0.3) is 0 Å². The van der Waals surface area contributed by atoms with E-state index in [4.69, 9.17) is 9.52 Å². The maximum absolute atomic E-state index is 12.5. The summed E-state index contributed by atoms with van der Waals surface area (Å²) in [6, 6.07) is 5.77. The summed E-state index contributed by atoms with van der Waals surface area (Å²) in [7, 11) is -3.26. The van der Waals surface area contributed by atoms with Gasteiger partial charge >= 0.3 is 0 Å². The van der Waals surface area contributed by atoms with Crippen LogP contribution in [0, 0.1) is 4.78 Å². The molecular weight excluding hydrogens is 300 g/mol. The Labute approximate surface area is 119 Å². The Hall–Kier alpha value is -1.12. The van der Waals surface area contributed by atoms with Gasteiger partial charge in [-0.15, -0.1) is 0 Å². The minimum Gasteiger partial charge on any atom is -0.497 e. The maximum atomic E-state index is 12.5. The van der Waals surface area contributed by atoms with Crippen molar-refractivity contribution in [2.24, 2.45) is 0 Å². The lowest BCUT2D eigenvalue weighted by molar-refractivity contribution is 0.394. The van der Waals surface area contributed by atoms with Gasteiger partial charge in [0.05, 0.1) is 12.0 Å². The fourth-order valence-corrected chi connectivity index (χ4v) is 5.51.